The lowest BCUT2D eigenvalue weighted by molar-refractivity contribution is 0.0383. The van der Waals surface area contributed by atoms with Crippen molar-refractivity contribution in [2.24, 2.45) is 0 Å². The molecule has 25 heavy (non-hydrogen) atoms. The molecule has 1 aromatic carbocycles. The highest BCUT2D eigenvalue weighted by Gasteiger charge is 2.11. The second kappa shape index (κ2) is 9.15. The number of pyridine rings is 1. The topological polar surface area (TPSA) is 66.5 Å². The van der Waals surface area contributed by atoms with Crippen LogP contribution in [0.2, 0.25) is 0 Å². The van der Waals surface area contributed by atoms with Gasteiger partial charge in [-0.15, -0.1) is 0 Å². The molecule has 0 atom stereocenters. The number of carbonyl (C=O) groups excluding carboxylic acids is 1. The van der Waals surface area contributed by atoms with E-state index in [1.807, 2.05) is 24.3 Å². The molecule has 0 unspecified atom stereocenters. The summed E-state index contributed by atoms with van der Waals surface area (Å²) in [6.07, 6.45) is 1.61. The van der Waals surface area contributed by atoms with Gasteiger partial charge >= 0.3 is 0 Å². The van der Waals surface area contributed by atoms with E-state index < -0.39 is 0 Å². The van der Waals surface area contributed by atoms with Crippen molar-refractivity contribution in [3.63, 3.8) is 0 Å². The molecule has 1 aromatic heterocycles. The van der Waals surface area contributed by atoms with Crippen molar-refractivity contribution in [3.05, 3.63) is 59.8 Å². The highest BCUT2D eigenvalue weighted by atomic mass is 16.5. The minimum Gasteiger partial charge on any atom is -0.379 e. The largest absolute Gasteiger partial charge is 0.379 e. The highest BCUT2D eigenvalue weighted by molar-refractivity contribution is 5.94. The lowest BCUT2D eigenvalue weighted by Gasteiger charge is -2.26. The first kappa shape index (κ1) is 17.4. The molecule has 0 aliphatic carbocycles. The van der Waals surface area contributed by atoms with Gasteiger partial charge in [0.25, 0.3) is 5.91 Å². The zero-order valence-electron chi connectivity index (χ0n) is 14.3. The maximum absolute atomic E-state index is 12.2. The Labute approximate surface area is 148 Å². The van der Waals surface area contributed by atoms with Gasteiger partial charge in [-0.2, -0.15) is 0 Å². The van der Waals surface area contributed by atoms with Gasteiger partial charge in [-0.25, -0.2) is 4.98 Å². The molecule has 2 N–H and O–H groups in total. The van der Waals surface area contributed by atoms with Gasteiger partial charge in [-0.3, -0.25) is 9.69 Å². The molecule has 0 bridgehead atoms. The summed E-state index contributed by atoms with van der Waals surface area (Å²) in [5, 5.41) is 6.19. The number of hydrogen-bond donors (Lipinski definition) is 2. The first-order valence-corrected chi connectivity index (χ1v) is 8.63. The number of benzene rings is 1. The van der Waals surface area contributed by atoms with Gasteiger partial charge in [-0.05, 0) is 17.7 Å². The molecular weight excluding hydrogens is 316 g/mol. The molecule has 6 heteroatoms. The average Bonchev–Trinajstić information content (AvgIpc) is 2.68. The smallest absolute Gasteiger partial charge is 0.252 e. The zero-order valence-corrected chi connectivity index (χ0v) is 14.3. The van der Waals surface area contributed by atoms with E-state index in [0.29, 0.717) is 18.7 Å². The van der Waals surface area contributed by atoms with Gasteiger partial charge in [0.2, 0.25) is 0 Å². The molecule has 1 aliphatic rings. The fraction of sp³-hybridized carbons (Fsp3) is 0.368. The Morgan fingerprint density at radius 1 is 1.12 bits per heavy atom. The standard InChI is InChI=1S/C19H24N4O2/c24-19(20-8-9-23-10-12-25-13-11-23)17-6-7-18(22-15-17)21-14-16-4-2-1-3-5-16/h1-7,15H,8-14H2,(H,20,24)(H,21,22). The fourth-order valence-electron chi connectivity index (χ4n) is 2.68. The molecule has 1 fully saturated rings. The Bertz CT molecular complexity index is 655. The first-order chi connectivity index (χ1) is 12.3. The van der Waals surface area contributed by atoms with Gasteiger partial charge in [0.05, 0.1) is 18.8 Å². The summed E-state index contributed by atoms with van der Waals surface area (Å²) in [7, 11) is 0. The molecule has 0 saturated carbocycles. The van der Waals surface area contributed by atoms with Crippen LogP contribution in [0.1, 0.15) is 15.9 Å². The number of rotatable bonds is 7. The number of amides is 1. The van der Waals surface area contributed by atoms with Crippen molar-refractivity contribution in [2.45, 2.75) is 6.54 Å². The van der Waals surface area contributed by atoms with Gasteiger partial charge < -0.3 is 15.4 Å². The Morgan fingerprint density at radius 2 is 1.92 bits per heavy atom. The van der Waals surface area contributed by atoms with Gasteiger partial charge in [0, 0.05) is 38.9 Å². The predicted octanol–water partition coefficient (Wildman–Crippen LogP) is 1.76. The molecular formula is C19H24N4O2. The van der Waals surface area contributed by atoms with Crippen molar-refractivity contribution in [3.8, 4) is 0 Å². The number of anilines is 1. The molecule has 1 aliphatic heterocycles. The molecule has 1 amide bonds. The fourth-order valence-corrected chi connectivity index (χ4v) is 2.68. The van der Waals surface area contributed by atoms with Crippen LogP contribution in [0.4, 0.5) is 5.82 Å². The number of ether oxygens (including phenoxy) is 1. The van der Waals surface area contributed by atoms with E-state index in [-0.39, 0.29) is 5.91 Å². The second-order valence-electron chi connectivity index (χ2n) is 5.98. The van der Waals surface area contributed by atoms with Crippen molar-refractivity contribution in [1.29, 1.82) is 0 Å². The summed E-state index contributed by atoms with van der Waals surface area (Å²) in [4.78, 5) is 18.8. The number of nitrogens with zero attached hydrogens (tertiary/aromatic N) is 2. The molecule has 6 nitrogen and oxygen atoms in total. The number of hydrogen-bond acceptors (Lipinski definition) is 5. The van der Waals surface area contributed by atoms with E-state index in [4.69, 9.17) is 4.74 Å². The SMILES string of the molecule is O=C(NCCN1CCOCC1)c1ccc(NCc2ccccc2)nc1. The zero-order chi connectivity index (χ0) is 17.3. The normalized spacial score (nSPS) is 14.9. The minimum atomic E-state index is -0.0876. The van der Waals surface area contributed by atoms with Crippen molar-refractivity contribution < 1.29 is 9.53 Å². The summed E-state index contributed by atoms with van der Waals surface area (Å²) < 4.78 is 5.31. The van der Waals surface area contributed by atoms with Crippen LogP contribution in [-0.4, -0.2) is 55.2 Å². The van der Waals surface area contributed by atoms with Crippen molar-refractivity contribution in [1.82, 2.24) is 15.2 Å². The number of carbonyl (C=O) groups is 1. The third-order valence-electron chi connectivity index (χ3n) is 4.16. The summed E-state index contributed by atoms with van der Waals surface area (Å²) >= 11 is 0. The van der Waals surface area contributed by atoms with Gasteiger partial charge in [-0.1, -0.05) is 30.3 Å². The lowest BCUT2D eigenvalue weighted by Crippen LogP contribution is -2.41. The predicted molar refractivity (Wildman–Crippen MR) is 97.6 cm³/mol. The van der Waals surface area contributed by atoms with Crippen molar-refractivity contribution >= 4 is 11.7 Å². The maximum Gasteiger partial charge on any atom is 0.252 e. The molecule has 0 spiro atoms. The third-order valence-corrected chi connectivity index (χ3v) is 4.16. The summed E-state index contributed by atoms with van der Waals surface area (Å²) in [5.41, 5.74) is 1.77. The van der Waals surface area contributed by atoms with Crippen LogP contribution in [0.5, 0.6) is 0 Å². The van der Waals surface area contributed by atoms with E-state index in [9.17, 15) is 4.79 Å². The van der Waals surface area contributed by atoms with E-state index in [0.717, 1.165) is 38.7 Å². The molecule has 0 radical (unpaired) electrons. The van der Waals surface area contributed by atoms with Crippen molar-refractivity contribution in [2.75, 3.05) is 44.7 Å². The average molecular weight is 340 g/mol. The summed E-state index contributed by atoms with van der Waals surface area (Å²) in [6, 6.07) is 13.8. The number of nitrogens with one attached hydrogen (secondary N) is 2. The summed E-state index contributed by atoms with van der Waals surface area (Å²) in [6.45, 7) is 5.59. The molecule has 2 heterocycles. The lowest BCUT2D eigenvalue weighted by atomic mass is 10.2. The quantitative estimate of drug-likeness (QED) is 0.804. The Hall–Kier alpha value is -2.44. The molecule has 1 saturated heterocycles. The summed E-state index contributed by atoms with van der Waals surface area (Å²) in [5.74, 6) is 0.670. The van der Waals surface area contributed by atoms with Crippen LogP contribution in [0, 0.1) is 0 Å². The minimum absolute atomic E-state index is 0.0876. The number of aromatic nitrogens is 1. The molecule has 2 aromatic rings. The third kappa shape index (κ3) is 5.55. The first-order valence-electron chi connectivity index (χ1n) is 8.63. The maximum atomic E-state index is 12.2. The van der Waals surface area contributed by atoms with Gasteiger partial charge in [0.15, 0.2) is 0 Å². The Kier molecular flexibility index (Phi) is 6.36. The van der Waals surface area contributed by atoms with Crippen LogP contribution in [0.3, 0.4) is 0 Å². The Morgan fingerprint density at radius 3 is 2.64 bits per heavy atom. The van der Waals surface area contributed by atoms with Crippen LogP contribution in [-0.2, 0) is 11.3 Å². The van der Waals surface area contributed by atoms with E-state index in [1.54, 1.807) is 12.3 Å². The molecule has 132 valence electrons. The number of morpholine rings is 1. The van der Waals surface area contributed by atoms with Crippen LogP contribution in [0.15, 0.2) is 48.7 Å². The van der Waals surface area contributed by atoms with E-state index >= 15 is 0 Å². The second-order valence-corrected chi connectivity index (χ2v) is 5.98. The van der Waals surface area contributed by atoms with Crippen LogP contribution < -0.4 is 10.6 Å². The highest BCUT2D eigenvalue weighted by Crippen LogP contribution is 2.08. The van der Waals surface area contributed by atoms with Crippen LogP contribution >= 0.6 is 0 Å². The van der Waals surface area contributed by atoms with Gasteiger partial charge in [0.1, 0.15) is 5.82 Å². The monoisotopic (exact) mass is 340 g/mol. The van der Waals surface area contributed by atoms with Crippen LogP contribution in [0.25, 0.3) is 0 Å². The van der Waals surface area contributed by atoms with E-state index in [2.05, 4.69) is 32.7 Å². The molecule has 3 rings (SSSR count). The Balaban J connectivity index is 1.42. The van der Waals surface area contributed by atoms with E-state index in [1.165, 1.54) is 5.56 Å².